The Labute approximate surface area is 194 Å². The monoisotopic (exact) mass is 447 g/mol. The van der Waals surface area contributed by atoms with Gasteiger partial charge in [0.05, 0.1) is 5.56 Å². The van der Waals surface area contributed by atoms with E-state index in [0.29, 0.717) is 24.7 Å². The van der Waals surface area contributed by atoms with Gasteiger partial charge in [-0.05, 0) is 42.7 Å². The maximum absolute atomic E-state index is 13.1. The summed E-state index contributed by atoms with van der Waals surface area (Å²) < 4.78 is 11.3. The van der Waals surface area contributed by atoms with E-state index in [2.05, 4.69) is 33.0 Å². The summed E-state index contributed by atoms with van der Waals surface area (Å²) in [6.45, 7) is 7.02. The number of benzene rings is 1. The van der Waals surface area contributed by atoms with Crippen molar-refractivity contribution in [2.24, 2.45) is 5.92 Å². The van der Waals surface area contributed by atoms with Crippen molar-refractivity contribution >= 4 is 11.7 Å². The Morgan fingerprint density at radius 1 is 1.00 bits per heavy atom. The molecular weight excluding hydrogens is 418 g/mol. The number of amides is 1. The summed E-state index contributed by atoms with van der Waals surface area (Å²) in [6, 6.07) is 11.9. The highest BCUT2D eigenvalue weighted by atomic mass is 16.6. The van der Waals surface area contributed by atoms with Crippen molar-refractivity contribution in [2.45, 2.75) is 19.4 Å². The number of carbonyl (C=O) groups is 1. The second-order valence-electron chi connectivity index (χ2n) is 8.86. The maximum Gasteiger partial charge on any atom is 0.225 e. The highest BCUT2D eigenvalue weighted by Crippen LogP contribution is 2.31. The first-order valence-corrected chi connectivity index (χ1v) is 11.7. The Kier molecular flexibility index (Phi) is 6.31. The molecule has 0 bridgehead atoms. The minimum atomic E-state index is 0.0870. The highest BCUT2D eigenvalue weighted by Gasteiger charge is 2.31. The van der Waals surface area contributed by atoms with Crippen LogP contribution in [0.4, 0.5) is 5.82 Å². The summed E-state index contributed by atoms with van der Waals surface area (Å²) in [6.07, 6.45) is 3.30. The van der Waals surface area contributed by atoms with Gasteiger partial charge in [-0.15, -0.1) is 0 Å². The molecule has 0 aliphatic carbocycles. The van der Waals surface area contributed by atoms with Crippen LogP contribution in [0.2, 0.25) is 0 Å². The van der Waals surface area contributed by atoms with Crippen molar-refractivity contribution in [3.63, 3.8) is 0 Å². The van der Waals surface area contributed by atoms with E-state index in [-0.39, 0.29) is 5.92 Å². The van der Waals surface area contributed by atoms with E-state index in [4.69, 9.17) is 14.7 Å². The smallest absolute Gasteiger partial charge is 0.225 e. The van der Waals surface area contributed by atoms with Gasteiger partial charge in [-0.2, -0.15) is 5.26 Å². The molecule has 0 N–H and O–H groups in total. The Hall–Kier alpha value is -3.31. The van der Waals surface area contributed by atoms with Crippen molar-refractivity contribution in [2.75, 3.05) is 57.4 Å². The van der Waals surface area contributed by atoms with Crippen LogP contribution in [0, 0.1) is 17.2 Å². The Balaban J connectivity index is 1.09. The molecular formula is C25H29N5O3. The van der Waals surface area contributed by atoms with Crippen LogP contribution in [0.1, 0.15) is 24.0 Å². The minimum Gasteiger partial charge on any atom is -0.486 e. The third kappa shape index (κ3) is 4.88. The fourth-order valence-electron chi connectivity index (χ4n) is 4.82. The van der Waals surface area contributed by atoms with Crippen LogP contribution in [0.25, 0.3) is 0 Å². The molecule has 3 aliphatic heterocycles. The van der Waals surface area contributed by atoms with E-state index < -0.39 is 0 Å². The van der Waals surface area contributed by atoms with Crippen LogP contribution >= 0.6 is 0 Å². The molecule has 3 aliphatic rings. The summed E-state index contributed by atoms with van der Waals surface area (Å²) in [5.74, 6) is 2.91. The number of piperidine rings is 1. The third-order valence-electron chi connectivity index (χ3n) is 6.74. The molecule has 1 aromatic carbocycles. The van der Waals surface area contributed by atoms with E-state index in [1.54, 1.807) is 12.3 Å². The van der Waals surface area contributed by atoms with Gasteiger partial charge in [0.25, 0.3) is 0 Å². The van der Waals surface area contributed by atoms with E-state index in [1.165, 1.54) is 5.56 Å². The number of rotatable bonds is 4. The van der Waals surface area contributed by atoms with Crippen LogP contribution in [0.5, 0.6) is 11.5 Å². The fourth-order valence-corrected chi connectivity index (χ4v) is 4.82. The molecule has 1 aromatic heterocycles. The number of carbonyl (C=O) groups excluding carboxylic acids is 1. The van der Waals surface area contributed by atoms with Crippen LogP contribution in [-0.4, -0.2) is 73.2 Å². The zero-order valence-corrected chi connectivity index (χ0v) is 18.8. The maximum atomic E-state index is 13.1. The van der Waals surface area contributed by atoms with Crippen molar-refractivity contribution in [1.82, 2.24) is 14.8 Å². The topological polar surface area (TPSA) is 81.9 Å². The molecule has 0 radical (unpaired) electrons. The van der Waals surface area contributed by atoms with Gasteiger partial charge in [-0.25, -0.2) is 4.98 Å². The first-order chi connectivity index (χ1) is 16.2. The molecule has 2 saturated heterocycles. The first-order valence-electron chi connectivity index (χ1n) is 11.7. The quantitative estimate of drug-likeness (QED) is 0.711. The lowest BCUT2D eigenvalue weighted by molar-refractivity contribution is -0.138. The van der Waals surface area contributed by atoms with Gasteiger partial charge in [0.1, 0.15) is 25.1 Å². The van der Waals surface area contributed by atoms with Gasteiger partial charge >= 0.3 is 0 Å². The summed E-state index contributed by atoms with van der Waals surface area (Å²) in [5, 5.41) is 8.93. The lowest BCUT2D eigenvalue weighted by Gasteiger charge is -2.39. The first kappa shape index (κ1) is 21.5. The second kappa shape index (κ2) is 9.67. The number of piperazine rings is 1. The van der Waals surface area contributed by atoms with Crippen molar-refractivity contribution in [3.8, 4) is 17.6 Å². The normalized spacial score (nSPS) is 19.2. The van der Waals surface area contributed by atoms with Gasteiger partial charge in [-0.3, -0.25) is 9.69 Å². The predicted molar refractivity (Wildman–Crippen MR) is 123 cm³/mol. The van der Waals surface area contributed by atoms with E-state index in [1.807, 2.05) is 17.0 Å². The zero-order chi connectivity index (χ0) is 22.6. The van der Waals surface area contributed by atoms with Gasteiger partial charge in [-0.1, -0.05) is 6.07 Å². The average Bonchev–Trinajstić information content (AvgIpc) is 2.89. The predicted octanol–water partition coefficient (Wildman–Crippen LogP) is 2.29. The SMILES string of the molecule is N#Cc1ccc(N2CCC(C(=O)N3CCN(Cc4ccc5c(c4)OCCO5)CC3)CC2)nc1. The summed E-state index contributed by atoms with van der Waals surface area (Å²) >= 11 is 0. The molecule has 0 spiro atoms. The van der Waals surface area contributed by atoms with E-state index in [9.17, 15) is 4.79 Å². The number of nitrogens with zero attached hydrogens (tertiary/aromatic N) is 5. The Bertz CT molecular complexity index is 1020. The molecule has 2 fully saturated rings. The number of ether oxygens (including phenoxy) is 2. The molecule has 8 heteroatoms. The van der Waals surface area contributed by atoms with Gasteiger partial charge < -0.3 is 19.3 Å². The van der Waals surface area contributed by atoms with E-state index in [0.717, 1.165) is 76.0 Å². The van der Waals surface area contributed by atoms with Crippen LogP contribution in [0.3, 0.4) is 0 Å². The molecule has 172 valence electrons. The van der Waals surface area contributed by atoms with Crippen LogP contribution in [-0.2, 0) is 11.3 Å². The average molecular weight is 448 g/mol. The molecule has 5 rings (SSSR count). The Morgan fingerprint density at radius 3 is 2.45 bits per heavy atom. The molecule has 2 aromatic rings. The number of hydrogen-bond donors (Lipinski definition) is 0. The number of hydrogen-bond acceptors (Lipinski definition) is 7. The number of anilines is 1. The molecule has 4 heterocycles. The van der Waals surface area contributed by atoms with Gasteiger partial charge in [0.15, 0.2) is 11.5 Å². The van der Waals surface area contributed by atoms with Crippen molar-refractivity contribution in [1.29, 1.82) is 5.26 Å². The molecule has 8 nitrogen and oxygen atoms in total. The van der Waals surface area contributed by atoms with Crippen LogP contribution < -0.4 is 14.4 Å². The second-order valence-corrected chi connectivity index (χ2v) is 8.86. The molecule has 0 atom stereocenters. The largest absolute Gasteiger partial charge is 0.486 e. The zero-order valence-electron chi connectivity index (χ0n) is 18.8. The Morgan fingerprint density at radius 2 is 1.76 bits per heavy atom. The minimum absolute atomic E-state index is 0.0870. The lowest BCUT2D eigenvalue weighted by atomic mass is 9.95. The number of pyridine rings is 1. The van der Waals surface area contributed by atoms with Gasteiger partial charge in [0, 0.05) is 57.9 Å². The number of fused-ring (bicyclic) bond motifs is 1. The van der Waals surface area contributed by atoms with Crippen molar-refractivity contribution < 1.29 is 14.3 Å². The van der Waals surface area contributed by atoms with Crippen LogP contribution in [0.15, 0.2) is 36.5 Å². The number of nitriles is 1. The number of aromatic nitrogens is 1. The summed E-state index contributed by atoms with van der Waals surface area (Å²) in [5.41, 5.74) is 1.78. The highest BCUT2D eigenvalue weighted by molar-refractivity contribution is 5.79. The molecule has 0 unspecified atom stereocenters. The standard InChI is InChI=1S/C25H29N5O3/c26-16-20-2-4-24(27-17-20)29-7-5-21(6-8-29)25(31)30-11-9-28(10-12-30)18-19-1-3-22-23(15-19)33-14-13-32-22/h1-4,15,17,21H,5-14,18H2. The molecule has 1 amide bonds. The summed E-state index contributed by atoms with van der Waals surface area (Å²) in [4.78, 5) is 24.1. The molecule has 0 saturated carbocycles. The van der Waals surface area contributed by atoms with Gasteiger partial charge in [0.2, 0.25) is 5.91 Å². The summed E-state index contributed by atoms with van der Waals surface area (Å²) in [7, 11) is 0. The third-order valence-corrected chi connectivity index (χ3v) is 6.74. The van der Waals surface area contributed by atoms with Crippen molar-refractivity contribution in [3.05, 3.63) is 47.7 Å². The fraction of sp³-hybridized carbons (Fsp3) is 0.480. The van der Waals surface area contributed by atoms with E-state index >= 15 is 0 Å². The lowest BCUT2D eigenvalue weighted by Crippen LogP contribution is -2.51. The molecule has 33 heavy (non-hydrogen) atoms.